The molecule has 0 aliphatic carbocycles. The molecule has 1 aromatic carbocycles. The molecule has 5 heteroatoms. The molecule has 100 valence electrons. The molecule has 1 aromatic heterocycles. The van der Waals surface area contributed by atoms with E-state index in [9.17, 15) is 0 Å². The van der Waals surface area contributed by atoms with Crippen LogP contribution >= 0.6 is 0 Å². The standard InChI is InChI=1S/C14H17N3O2/c1-14(2,15)7-12-16-13(17-19-12)10-8-18-11-6-4-3-5-9(10)11/h3-6,10H,7-8,15H2,1-2H3. The van der Waals surface area contributed by atoms with Gasteiger partial charge in [0, 0.05) is 17.5 Å². The molecular formula is C14H17N3O2. The Bertz CT molecular complexity index is 586. The highest BCUT2D eigenvalue weighted by Gasteiger charge is 2.29. The van der Waals surface area contributed by atoms with Gasteiger partial charge in [-0.2, -0.15) is 4.98 Å². The number of para-hydroxylation sites is 1. The van der Waals surface area contributed by atoms with E-state index < -0.39 is 0 Å². The monoisotopic (exact) mass is 259 g/mol. The van der Waals surface area contributed by atoms with Crippen molar-refractivity contribution in [1.82, 2.24) is 10.1 Å². The second-order valence-electron chi connectivity index (χ2n) is 5.61. The molecule has 0 saturated heterocycles. The van der Waals surface area contributed by atoms with Crippen LogP contribution in [0.5, 0.6) is 5.75 Å². The molecule has 19 heavy (non-hydrogen) atoms. The first-order valence-electron chi connectivity index (χ1n) is 6.36. The van der Waals surface area contributed by atoms with Gasteiger partial charge in [0.1, 0.15) is 12.4 Å². The SMILES string of the molecule is CC(C)(N)Cc1nc(C2COc3ccccc32)no1. The molecule has 2 aromatic rings. The van der Waals surface area contributed by atoms with Crippen molar-refractivity contribution in [2.45, 2.75) is 31.7 Å². The van der Waals surface area contributed by atoms with E-state index in [4.69, 9.17) is 15.0 Å². The minimum Gasteiger partial charge on any atom is -0.492 e. The van der Waals surface area contributed by atoms with Crippen molar-refractivity contribution in [2.75, 3.05) is 6.61 Å². The molecule has 0 radical (unpaired) electrons. The van der Waals surface area contributed by atoms with Crippen LogP contribution in [0.2, 0.25) is 0 Å². The van der Waals surface area contributed by atoms with Gasteiger partial charge < -0.3 is 15.0 Å². The van der Waals surface area contributed by atoms with Gasteiger partial charge in [0.2, 0.25) is 5.89 Å². The van der Waals surface area contributed by atoms with Crippen molar-refractivity contribution in [3.63, 3.8) is 0 Å². The van der Waals surface area contributed by atoms with Crippen LogP contribution in [0.25, 0.3) is 0 Å². The summed E-state index contributed by atoms with van der Waals surface area (Å²) >= 11 is 0. The maximum absolute atomic E-state index is 5.95. The van der Waals surface area contributed by atoms with Gasteiger partial charge in [-0.15, -0.1) is 0 Å². The summed E-state index contributed by atoms with van der Waals surface area (Å²) in [5, 5.41) is 4.06. The summed E-state index contributed by atoms with van der Waals surface area (Å²) in [6.45, 7) is 4.43. The number of nitrogens with zero attached hydrogens (tertiary/aromatic N) is 2. The molecule has 0 amide bonds. The van der Waals surface area contributed by atoms with Crippen LogP contribution in [-0.4, -0.2) is 22.3 Å². The maximum atomic E-state index is 5.95. The molecule has 2 heterocycles. The Balaban J connectivity index is 1.85. The van der Waals surface area contributed by atoms with Crippen LogP contribution in [0.1, 0.15) is 37.0 Å². The smallest absolute Gasteiger partial charge is 0.228 e. The lowest BCUT2D eigenvalue weighted by atomic mass is 10.0. The van der Waals surface area contributed by atoms with E-state index in [0.29, 0.717) is 24.7 Å². The summed E-state index contributed by atoms with van der Waals surface area (Å²) in [5.41, 5.74) is 6.71. The first kappa shape index (κ1) is 12.2. The summed E-state index contributed by atoms with van der Waals surface area (Å²) in [4.78, 5) is 4.44. The molecule has 1 aliphatic heterocycles. The van der Waals surface area contributed by atoms with E-state index in [2.05, 4.69) is 10.1 Å². The van der Waals surface area contributed by atoms with Crippen LogP contribution < -0.4 is 10.5 Å². The molecule has 0 fully saturated rings. The first-order valence-corrected chi connectivity index (χ1v) is 6.36. The van der Waals surface area contributed by atoms with Crippen LogP contribution in [0.3, 0.4) is 0 Å². The van der Waals surface area contributed by atoms with Gasteiger partial charge in [0.15, 0.2) is 5.82 Å². The number of aromatic nitrogens is 2. The first-order chi connectivity index (χ1) is 9.03. The Morgan fingerprint density at radius 2 is 2.16 bits per heavy atom. The lowest BCUT2D eigenvalue weighted by Gasteiger charge is -2.14. The predicted molar refractivity (Wildman–Crippen MR) is 70.0 cm³/mol. The molecule has 5 nitrogen and oxygen atoms in total. The summed E-state index contributed by atoms with van der Waals surface area (Å²) < 4.78 is 10.9. The number of hydrogen-bond acceptors (Lipinski definition) is 5. The molecule has 0 saturated carbocycles. The molecule has 1 unspecified atom stereocenters. The molecular weight excluding hydrogens is 242 g/mol. The highest BCUT2D eigenvalue weighted by molar-refractivity contribution is 5.42. The van der Waals surface area contributed by atoms with Crippen LogP contribution in [0.4, 0.5) is 0 Å². The van der Waals surface area contributed by atoms with E-state index in [-0.39, 0.29) is 11.5 Å². The minimum atomic E-state index is -0.353. The Morgan fingerprint density at radius 1 is 1.37 bits per heavy atom. The van der Waals surface area contributed by atoms with Gasteiger partial charge in [0.05, 0.1) is 5.92 Å². The van der Waals surface area contributed by atoms with Crippen molar-refractivity contribution in [3.05, 3.63) is 41.5 Å². The summed E-state index contributed by atoms with van der Waals surface area (Å²) in [6, 6.07) is 7.94. The number of rotatable bonds is 3. The zero-order valence-electron chi connectivity index (χ0n) is 11.1. The molecule has 1 atom stereocenters. The van der Waals surface area contributed by atoms with Crippen molar-refractivity contribution in [1.29, 1.82) is 0 Å². The fraction of sp³-hybridized carbons (Fsp3) is 0.429. The van der Waals surface area contributed by atoms with Crippen molar-refractivity contribution in [2.24, 2.45) is 5.73 Å². The number of fused-ring (bicyclic) bond motifs is 1. The van der Waals surface area contributed by atoms with Crippen LogP contribution in [0.15, 0.2) is 28.8 Å². The average Bonchev–Trinajstić information content (AvgIpc) is 2.92. The van der Waals surface area contributed by atoms with Crippen LogP contribution in [-0.2, 0) is 6.42 Å². The Hall–Kier alpha value is -1.88. The van der Waals surface area contributed by atoms with E-state index >= 15 is 0 Å². The maximum Gasteiger partial charge on any atom is 0.228 e. The zero-order chi connectivity index (χ0) is 13.5. The summed E-state index contributed by atoms with van der Waals surface area (Å²) in [5.74, 6) is 2.20. The van der Waals surface area contributed by atoms with Gasteiger partial charge in [-0.1, -0.05) is 23.4 Å². The molecule has 2 N–H and O–H groups in total. The van der Waals surface area contributed by atoms with Gasteiger partial charge in [-0.05, 0) is 19.9 Å². The average molecular weight is 259 g/mol. The Morgan fingerprint density at radius 3 is 2.95 bits per heavy atom. The highest BCUT2D eigenvalue weighted by Crippen LogP contribution is 2.36. The van der Waals surface area contributed by atoms with Crippen molar-refractivity contribution in [3.8, 4) is 5.75 Å². The van der Waals surface area contributed by atoms with Gasteiger partial charge in [0.25, 0.3) is 0 Å². The van der Waals surface area contributed by atoms with Crippen molar-refractivity contribution < 1.29 is 9.26 Å². The Kier molecular flexibility index (Phi) is 2.78. The van der Waals surface area contributed by atoms with Gasteiger partial charge >= 0.3 is 0 Å². The third kappa shape index (κ3) is 2.46. The van der Waals surface area contributed by atoms with E-state index in [0.717, 1.165) is 11.3 Å². The lowest BCUT2D eigenvalue weighted by molar-refractivity contribution is 0.326. The minimum absolute atomic E-state index is 0.0505. The number of nitrogens with two attached hydrogens (primary N) is 1. The predicted octanol–water partition coefficient (Wildman–Crippen LogP) is 1.87. The summed E-state index contributed by atoms with van der Waals surface area (Å²) in [7, 11) is 0. The zero-order valence-corrected chi connectivity index (χ0v) is 11.1. The van der Waals surface area contributed by atoms with E-state index in [1.807, 2.05) is 38.1 Å². The van der Waals surface area contributed by atoms with Crippen LogP contribution in [0, 0.1) is 0 Å². The molecule has 0 bridgehead atoms. The number of benzene rings is 1. The second kappa shape index (κ2) is 4.35. The fourth-order valence-corrected chi connectivity index (χ4v) is 2.25. The van der Waals surface area contributed by atoms with E-state index in [1.54, 1.807) is 0 Å². The third-order valence-corrected chi connectivity index (χ3v) is 3.10. The lowest BCUT2D eigenvalue weighted by Crippen LogP contribution is -2.34. The normalized spacial score (nSPS) is 18.2. The van der Waals surface area contributed by atoms with Gasteiger partial charge in [-0.3, -0.25) is 0 Å². The highest BCUT2D eigenvalue weighted by atomic mass is 16.5. The largest absolute Gasteiger partial charge is 0.492 e. The van der Waals surface area contributed by atoms with Gasteiger partial charge in [-0.25, -0.2) is 0 Å². The fourth-order valence-electron chi connectivity index (χ4n) is 2.25. The van der Waals surface area contributed by atoms with E-state index in [1.165, 1.54) is 0 Å². The number of hydrogen-bond donors (Lipinski definition) is 1. The summed E-state index contributed by atoms with van der Waals surface area (Å²) in [6.07, 6.45) is 0.565. The molecule has 0 spiro atoms. The topological polar surface area (TPSA) is 74.2 Å². The molecule has 1 aliphatic rings. The number of ether oxygens (including phenoxy) is 1. The van der Waals surface area contributed by atoms with Crippen molar-refractivity contribution >= 4 is 0 Å². The Labute approximate surface area is 111 Å². The second-order valence-corrected chi connectivity index (χ2v) is 5.61. The third-order valence-electron chi connectivity index (χ3n) is 3.10. The quantitative estimate of drug-likeness (QED) is 0.910. The molecule has 3 rings (SSSR count).